The van der Waals surface area contributed by atoms with Crippen molar-refractivity contribution in [3.8, 4) is 0 Å². The standard InChI is InChI=1S/C3H5NO4S2/c1-8-2(5)3(9,10)4(6)7/h9-10H,1H3. The van der Waals surface area contributed by atoms with Crippen molar-refractivity contribution in [2.45, 2.75) is 4.20 Å². The molecule has 0 saturated heterocycles. The van der Waals surface area contributed by atoms with Crippen LogP contribution in [0, 0.1) is 10.1 Å². The Hall–Kier alpha value is -0.430. The second-order valence-corrected chi connectivity index (χ2v) is 3.03. The lowest BCUT2D eigenvalue weighted by atomic mass is 10.6. The Kier molecular flexibility index (Phi) is 2.97. The number of carbonyl (C=O) groups excluding carboxylic acids is 1. The average molecular weight is 183 g/mol. The number of esters is 1. The molecule has 0 heterocycles. The summed E-state index contributed by atoms with van der Waals surface area (Å²) in [5.41, 5.74) is 0. The largest absolute Gasteiger partial charge is 0.462 e. The first-order valence-corrected chi connectivity index (χ1v) is 3.00. The molecule has 0 radical (unpaired) electrons. The zero-order valence-electron chi connectivity index (χ0n) is 4.97. The molecule has 0 aliphatic carbocycles. The summed E-state index contributed by atoms with van der Waals surface area (Å²) >= 11 is 6.69. The SMILES string of the molecule is COC(=O)C(S)(S)[N+](=O)[O-]. The molecule has 58 valence electrons. The Balaban J connectivity index is 4.40. The molecule has 0 rings (SSSR count). The second-order valence-electron chi connectivity index (χ2n) is 1.38. The fourth-order valence-corrected chi connectivity index (χ4v) is 0.394. The lowest BCUT2D eigenvalue weighted by Crippen LogP contribution is -2.36. The molecule has 0 bridgehead atoms. The predicted octanol–water partition coefficient (Wildman–Crippen LogP) is -0.0505. The summed E-state index contributed by atoms with van der Waals surface area (Å²) < 4.78 is 1.80. The van der Waals surface area contributed by atoms with Gasteiger partial charge in [0.2, 0.25) is 0 Å². The van der Waals surface area contributed by atoms with Crippen LogP contribution in [0.15, 0.2) is 0 Å². The van der Waals surface area contributed by atoms with Gasteiger partial charge in [-0.1, -0.05) is 25.3 Å². The molecule has 5 nitrogen and oxygen atoms in total. The van der Waals surface area contributed by atoms with E-state index in [1.165, 1.54) is 0 Å². The van der Waals surface area contributed by atoms with Crippen LogP contribution in [-0.4, -0.2) is 22.2 Å². The molecule has 0 aromatic rings. The van der Waals surface area contributed by atoms with Gasteiger partial charge in [0.05, 0.1) is 12.0 Å². The predicted molar refractivity (Wildman–Crippen MR) is 39.7 cm³/mol. The quantitative estimate of drug-likeness (QED) is 0.207. The maximum atomic E-state index is 10.5. The summed E-state index contributed by atoms with van der Waals surface area (Å²) in [5.74, 6) is -1.11. The highest BCUT2D eigenvalue weighted by Gasteiger charge is 2.44. The van der Waals surface area contributed by atoms with Crippen LogP contribution in [0.3, 0.4) is 0 Å². The van der Waals surface area contributed by atoms with Gasteiger partial charge in [-0.15, -0.1) is 0 Å². The van der Waals surface area contributed by atoms with Gasteiger partial charge in [0.25, 0.3) is 0 Å². The first-order chi connectivity index (χ1) is 4.42. The highest BCUT2D eigenvalue weighted by atomic mass is 32.2. The Labute approximate surface area is 67.7 Å². The third kappa shape index (κ3) is 1.77. The lowest BCUT2D eigenvalue weighted by molar-refractivity contribution is -0.496. The number of thiol groups is 2. The van der Waals surface area contributed by atoms with Crippen LogP contribution in [0.5, 0.6) is 0 Å². The fraction of sp³-hybridized carbons (Fsp3) is 0.667. The van der Waals surface area contributed by atoms with Crippen LogP contribution >= 0.6 is 25.3 Å². The van der Waals surface area contributed by atoms with Crippen molar-refractivity contribution in [1.82, 2.24) is 0 Å². The van der Waals surface area contributed by atoms with E-state index in [1.54, 1.807) is 0 Å². The van der Waals surface area contributed by atoms with Crippen molar-refractivity contribution in [3.05, 3.63) is 10.1 Å². The Morgan fingerprint density at radius 1 is 1.70 bits per heavy atom. The van der Waals surface area contributed by atoms with Crippen LogP contribution in [0.4, 0.5) is 0 Å². The Bertz CT molecular complexity index is 168. The van der Waals surface area contributed by atoms with Crippen molar-refractivity contribution in [2.75, 3.05) is 7.11 Å². The number of methoxy groups -OCH3 is 1. The highest BCUT2D eigenvalue weighted by Crippen LogP contribution is 2.21. The van der Waals surface area contributed by atoms with Crippen LogP contribution in [0.1, 0.15) is 0 Å². The van der Waals surface area contributed by atoms with E-state index in [9.17, 15) is 14.9 Å². The number of carbonyl (C=O) groups is 1. The first-order valence-electron chi connectivity index (χ1n) is 2.10. The van der Waals surface area contributed by atoms with E-state index in [4.69, 9.17) is 0 Å². The first kappa shape index (κ1) is 9.57. The minimum absolute atomic E-state index is 0.953. The minimum Gasteiger partial charge on any atom is -0.462 e. The molecular formula is C3H5NO4S2. The summed E-state index contributed by atoms with van der Waals surface area (Å²) in [4.78, 5) is 19.5. The van der Waals surface area contributed by atoms with Gasteiger partial charge >= 0.3 is 10.2 Å². The maximum absolute atomic E-state index is 10.5. The number of nitro groups is 1. The molecule has 7 heteroatoms. The van der Waals surface area contributed by atoms with Crippen LogP contribution in [0.2, 0.25) is 0 Å². The number of ether oxygens (including phenoxy) is 1. The number of hydrogen-bond donors (Lipinski definition) is 2. The minimum atomic E-state index is -2.24. The van der Waals surface area contributed by atoms with Gasteiger partial charge in [0.15, 0.2) is 0 Å². The summed E-state index contributed by atoms with van der Waals surface area (Å²) in [6, 6.07) is 0. The van der Waals surface area contributed by atoms with E-state index in [2.05, 4.69) is 30.0 Å². The zero-order chi connectivity index (χ0) is 8.36. The fourth-order valence-electron chi connectivity index (χ4n) is 0.211. The van der Waals surface area contributed by atoms with E-state index < -0.39 is 15.1 Å². The Morgan fingerprint density at radius 2 is 2.10 bits per heavy atom. The number of hydrogen-bond acceptors (Lipinski definition) is 6. The van der Waals surface area contributed by atoms with Crippen LogP contribution in [-0.2, 0) is 9.53 Å². The molecule has 0 aliphatic heterocycles. The smallest absolute Gasteiger partial charge is 0.406 e. The van der Waals surface area contributed by atoms with Gasteiger partial charge in [-0.3, -0.25) is 10.1 Å². The average Bonchev–Trinajstić information content (AvgIpc) is 1.86. The molecule has 0 atom stereocenters. The van der Waals surface area contributed by atoms with Gasteiger partial charge in [-0.2, -0.15) is 0 Å². The van der Waals surface area contributed by atoms with Crippen LogP contribution in [0.25, 0.3) is 0 Å². The van der Waals surface area contributed by atoms with E-state index in [-0.39, 0.29) is 0 Å². The van der Waals surface area contributed by atoms with Gasteiger partial charge in [-0.05, 0) is 0 Å². The van der Waals surface area contributed by atoms with Crippen molar-refractivity contribution >= 4 is 31.2 Å². The molecule has 0 amide bonds. The van der Waals surface area contributed by atoms with Gasteiger partial charge in [0, 0.05) is 0 Å². The molecule has 0 aromatic heterocycles. The summed E-state index contributed by atoms with van der Waals surface area (Å²) in [6.45, 7) is 0. The highest BCUT2D eigenvalue weighted by molar-refractivity contribution is 8.01. The summed E-state index contributed by atoms with van der Waals surface area (Å²) in [5, 5.41) is 9.97. The molecule has 0 saturated carbocycles. The molecule has 0 spiro atoms. The topological polar surface area (TPSA) is 69.4 Å². The van der Waals surface area contributed by atoms with E-state index >= 15 is 0 Å². The molecule has 10 heavy (non-hydrogen) atoms. The Morgan fingerprint density at radius 3 is 2.20 bits per heavy atom. The third-order valence-electron chi connectivity index (χ3n) is 0.714. The maximum Gasteiger partial charge on any atom is 0.406 e. The van der Waals surface area contributed by atoms with Crippen molar-refractivity contribution < 1.29 is 14.5 Å². The molecular weight excluding hydrogens is 178 g/mol. The van der Waals surface area contributed by atoms with E-state index in [0.29, 0.717) is 0 Å². The van der Waals surface area contributed by atoms with E-state index in [0.717, 1.165) is 7.11 Å². The van der Waals surface area contributed by atoms with Gasteiger partial charge in [0.1, 0.15) is 0 Å². The number of rotatable bonds is 2. The summed E-state index contributed by atoms with van der Waals surface area (Å²) in [7, 11) is 1.02. The van der Waals surface area contributed by atoms with Gasteiger partial charge in [-0.25, -0.2) is 4.79 Å². The molecule has 0 N–H and O–H groups in total. The molecule has 0 unspecified atom stereocenters. The second kappa shape index (κ2) is 3.11. The molecule has 0 fully saturated rings. The summed E-state index contributed by atoms with van der Waals surface area (Å²) in [6.07, 6.45) is 0. The van der Waals surface area contributed by atoms with Gasteiger partial charge < -0.3 is 4.74 Å². The lowest BCUT2D eigenvalue weighted by Gasteiger charge is -2.08. The number of nitrogens with zero attached hydrogens (tertiary/aromatic N) is 1. The third-order valence-corrected chi connectivity index (χ3v) is 1.41. The van der Waals surface area contributed by atoms with Crippen molar-refractivity contribution in [3.63, 3.8) is 0 Å². The normalized spacial score (nSPS) is 10.7. The van der Waals surface area contributed by atoms with Crippen molar-refractivity contribution in [2.24, 2.45) is 0 Å². The van der Waals surface area contributed by atoms with Crippen molar-refractivity contribution in [1.29, 1.82) is 0 Å². The van der Waals surface area contributed by atoms with Crippen LogP contribution < -0.4 is 0 Å². The molecule has 0 aromatic carbocycles. The molecule has 0 aliphatic rings. The zero-order valence-corrected chi connectivity index (χ0v) is 6.76. The monoisotopic (exact) mass is 183 g/mol. The van der Waals surface area contributed by atoms with E-state index in [1.807, 2.05) is 0 Å².